The lowest BCUT2D eigenvalue weighted by Gasteiger charge is -2.21. The van der Waals surface area contributed by atoms with Crippen molar-refractivity contribution in [3.8, 4) is 0 Å². The molecule has 0 aromatic rings. The summed E-state index contributed by atoms with van der Waals surface area (Å²) >= 11 is 0. The van der Waals surface area contributed by atoms with E-state index in [1.54, 1.807) is 0 Å². The average molecular weight is 1400 g/mol. The Balaban J connectivity index is 5.26. The first-order valence-corrected chi connectivity index (χ1v) is 42.5. The number of carbonyl (C=O) groups is 4. The summed E-state index contributed by atoms with van der Waals surface area (Å²) in [5.41, 5.74) is 0. The molecule has 0 heterocycles. The molecule has 0 fully saturated rings. The number of rotatable bonds is 75. The van der Waals surface area contributed by atoms with Crippen molar-refractivity contribution >= 4 is 39.5 Å². The van der Waals surface area contributed by atoms with Crippen LogP contribution in [-0.2, 0) is 65.4 Å². The van der Waals surface area contributed by atoms with E-state index in [-0.39, 0.29) is 25.7 Å². The van der Waals surface area contributed by atoms with Crippen LogP contribution < -0.4 is 0 Å². The minimum atomic E-state index is -4.96. The molecular weight excluding hydrogens is 1250 g/mol. The first kappa shape index (κ1) is 93.1. The number of phosphoric ester groups is 2. The van der Waals surface area contributed by atoms with Gasteiger partial charge < -0.3 is 33.8 Å². The molecule has 0 bridgehead atoms. The van der Waals surface area contributed by atoms with Gasteiger partial charge >= 0.3 is 39.5 Å². The molecule has 0 radical (unpaired) electrons. The normalized spacial score (nSPS) is 14.3. The first-order valence-electron chi connectivity index (χ1n) is 39.5. The van der Waals surface area contributed by atoms with Gasteiger partial charge in [-0.15, -0.1) is 0 Å². The van der Waals surface area contributed by atoms with E-state index in [0.29, 0.717) is 25.7 Å². The summed E-state index contributed by atoms with van der Waals surface area (Å²) in [4.78, 5) is 72.8. The zero-order chi connectivity index (χ0) is 70.0. The monoisotopic (exact) mass is 1400 g/mol. The van der Waals surface area contributed by atoms with Crippen LogP contribution in [0.25, 0.3) is 0 Å². The van der Waals surface area contributed by atoms with Crippen LogP contribution in [0.2, 0.25) is 0 Å². The van der Waals surface area contributed by atoms with E-state index in [9.17, 15) is 43.2 Å². The van der Waals surface area contributed by atoms with Gasteiger partial charge in [-0.3, -0.25) is 37.3 Å². The van der Waals surface area contributed by atoms with Crippen LogP contribution in [0.4, 0.5) is 0 Å². The second kappa shape index (κ2) is 67.9. The summed E-state index contributed by atoms with van der Waals surface area (Å²) in [5, 5.41) is 10.6. The third-order valence-corrected chi connectivity index (χ3v) is 20.0. The molecule has 95 heavy (non-hydrogen) atoms. The van der Waals surface area contributed by atoms with Crippen molar-refractivity contribution in [3.63, 3.8) is 0 Å². The number of ether oxygens (including phenoxy) is 4. The Bertz CT molecular complexity index is 1840. The van der Waals surface area contributed by atoms with Crippen LogP contribution in [0.3, 0.4) is 0 Å². The van der Waals surface area contributed by atoms with Gasteiger partial charge in [-0.2, -0.15) is 0 Å². The molecule has 564 valence electrons. The van der Waals surface area contributed by atoms with Crippen LogP contribution in [0.15, 0.2) is 0 Å². The van der Waals surface area contributed by atoms with Crippen molar-refractivity contribution in [2.75, 3.05) is 39.6 Å². The highest BCUT2D eigenvalue weighted by Crippen LogP contribution is 2.45. The van der Waals surface area contributed by atoms with Crippen molar-refractivity contribution in [3.05, 3.63) is 0 Å². The number of carbonyl (C=O) groups excluding carboxylic acids is 4. The van der Waals surface area contributed by atoms with Gasteiger partial charge in [0.15, 0.2) is 12.2 Å². The van der Waals surface area contributed by atoms with Crippen LogP contribution in [-0.4, -0.2) is 96.7 Å². The zero-order valence-electron chi connectivity index (χ0n) is 62.0. The van der Waals surface area contributed by atoms with Crippen LogP contribution in [0.1, 0.15) is 395 Å². The summed E-state index contributed by atoms with van der Waals surface area (Å²) in [6.07, 6.45) is 55.3. The van der Waals surface area contributed by atoms with E-state index in [0.717, 1.165) is 102 Å². The molecule has 19 heteroatoms. The van der Waals surface area contributed by atoms with Gasteiger partial charge in [-0.05, 0) is 37.5 Å². The summed E-state index contributed by atoms with van der Waals surface area (Å²) in [7, 11) is -9.91. The molecule has 0 aromatic carbocycles. The van der Waals surface area contributed by atoms with E-state index in [1.807, 2.05) is 0 Å². The molecule has 0 aliphatic rings. The third kappa shape index (κ3) is 69.0. The molecule has 0 rings (SSSR count). The maximum Gasteiger partial charge on any atom is 0.472 e. The van der Waals surface area contributed by atoms with E-state index in [4.69, 9.17) is 37.0 Å². The van der Waals surface area contributed by atoms with Gasteiger partial charge in [0.25, 0.3) is 0 Å². The van der Waals surface area contributed by atoms with Crippen molar-refractivity contribution in [2.24, 2.45) is 11.8 Å². The molecule has 3 N–H and O–H groups in total. The summed E-state index contributed by atoms with van der Waals surface area (Å²) in [5.74, 6) is -0.568. The smallest absolute Gasteiger partial charge is 0.462 e. The highest BCUT2D eigenvalue weighted by molar-refractivity contribution is 7.47. The number of aliphatic hydroxyl groups excluding tert-OH is 1. The Morgan fingerprint density at radius 1 is 0.305 bits per heavy atom. The zero-order valence-corrected chi connectivity index (χ0v) is 63.8. The third-order valence-electron chi connectivity index (χ3n) is 18.1. The molecule has 3 unspecified atom stereocenters. The second-order valence-electron chi connectivity index (χ2n) is 28.1. The molecule has 0 amide bonds. The van der Waals surface area contributed by atoms with Crippen molar-refractivity contribution in [2.45, 2.75) is 413 Å². The second-order valence-corrected chi connectivity index (χ2v) is 31.0. The fourth-order valence-corrected chi connectivity index (χ4v) is 13.2. The molecule has 0 aliphatic carbocycles. The van der Waals surface area contributed by atoms with Crippen molar-refractivity contribution < 1.29 is 80.2 Å². The van der Waals surface area contributed by atoms with E-state index in [1.165, 1.54) is 212 Å². The topological polar surface area (TPSA) is 237 Å². The summed E-state index contributed by atoms with van der Waals surface area (Å²) in [6.45, 7) is 9.61. The quantitative estimate of drug-likeness (QED) is 0.0222. The van der Waals surface area contributed by atoms with Crippen molar-refractivity contribution in [1.29, 1.82) is 0 Å². The molecular formula is C76H148O17P2. The standard InChI is InChI=1S/C76H148O17P2/c1-7-10-12-14-16-18-20-22-23-24-25-26-28-36-42-48-54-60-75(80)92-71(64-87-74(79)59-53-47-41-35-30-29-33-39-45-51-57-69(6)9-3)66-90-94(82,83)88-62-70(77)63-89-95(84,85)91-67-72(93-76(81)61-55-49-43-37-31-32-38-44-50-56-68(4)5)65-86-73(78)58-52-46-40-34-27-21-19-17-15-13-11-8-2/h68-72,77H,7-67H2,1-6H3,(H,82,83)(H,84,85)/t69?,70-,71-,72-/m1/s1. The van der Waals surface area contributed by atoms with E-state index >= 15 is 0 Å². The average Bonchev–Trinajstić information content (AvgIpc) is 1.43. The highest BCUT2D eigenvalue weighted by atomic mass is 31.2. The molecule has 0 saturated heterocycles. The number of esters is 4. The Hall–Kier alpha value is -1.94. The molecule has 6 atom stereocenters. The van der Waals surface area contributed by atoms with Gasteiger partial charge in [-0.1, -0.05) is 343 Å². The lowest BCUT2D eigenvalue weighted by molar-refractivity contribution is -0.161. The molecule has 0 spiro atoms. The van der Waals surface area contributed by atoms with Gasteiger partial charge in [0.05, 0.1) is 26.4 Å². The Morgan fingerprint density at radius 3 is 0.800 bits per heavy atom. The number of hydrogen-bond donors (Lipinski definition) is 3. The summed E-state index contributed by atoms with van der Waals surface area (Å²) < 4.78 is 68.6. The van der Waals surface area contributed by atoms with Gasteiger partial charge in [0, 0.05) is 25.7 Å². The molecule has 0 aromatic heterocycles. The fraction of sp³-hybridized carbons (Fsp3) is 0.947. The number of hydrogen-bond acceptors (Lipinski definition) is 15. The lowest BCUT2D eigenvalue weighted by Crippen LogP contribution is -2.30. The first-order chi connectivity index (χ1) is 45.9. The maximum absolute atomic E-state index is 13.1. The van der Waals surface area contributed by atoms with Gasteiger partial charge in [0.2, 0.25) is 0 Å². The number of phosphoric acid groups is 2. The maximum atomic E-state index is 13.1. The predicted octanol–water partition coefficient (Wildman–Crippen LogP) is 22.3. The SMILES string of the molecule is CCCCCCCCCCCCCCCCCCCC(=O)O[C@H](COC(=O)CCCCCCCCCCCCC(C)CC)COP(=O)(O)OC[C@@H](O)COP(=O)(O)OC[C@@H](COC(=O)CCCCCCCCCCCCCC)OC(=O)CCCCCCCCCCCC(C)C. The number of aliphatic hydroxyl groups is 1. The van der Waals surface area contributed by atoms with Crippen LogP contribution >= 0.6 is 15.6 Å². The minimum absolute atomic E-state index is 0.106. The van der Waals surface area contributed by atoms with Crippen LogP contribution in [0, 0.1) is 11.8 Å². The largest absolute Gasteiger partial charge is 0.472 e. The Morgan fingerprint density at radius 2 is 0.537 bits per heavy atom. The van der Waals surface area contributed by atoms with Crippen LogP contribution in [0.5, 0.6) is 0 Å². The van der Waals surface area contributed by atoms with E-state index in [2.05, 4.69) is 41.5 Å². The lowest BCUT2D eigenvalue weighted by atomic mass is 9.99. The molecule has 17 nitrogen and oxygen atoms in total. The number of unbranched alkanes of at least 4 members (excludes halogenated alkanes) is 44. The van der Waals surface area contributed by atoms with Crippen molar-refractivity contribution in [1.82, 2.24) is 0 Å². The predicted molar refractivity (Wildman–Crippen MR) is 386 cm³/mol. The van der Waals surface area contributed by atoms with Gasteiger partial charge in [-0.25, -0.2) is 9.13 Å². The molecule has 0 saturated carbocycles. The minimum Gasteiger partial charge on any atom is -0.462 e. The molecule has 0 aliphatic heterocycles. The summed E-state index contributed by atoms with van der Waals surface area (Å²) in [6, 6.07) is 0. The van der Waals surface area contributed by atoms with E-state index < -0.39 is 97.5 Å². The highest BCUT2D eigenvalue weighted by Gasteiger charge is 2.30. The Kier molecular flexibility index (Phi) is 66.5. The fourth-order valence-electron chi connectivity index (χ4n) is 11.6. The van der Waals surface area contributed by atoms with Gasteiger partial charge in [0.1, 0.15) is 19.3 Å². The Labute approximate surface area is 581 Å².